The number of nitrogens with zero attached hydrogens (tertiary/aromatic N) is 1. The van der Waals surface area contributed by atoms with E-state index in [1.807, 2.05) is 0 Å². The standard InChI is InChI=1S/C20H22N2O/c1-23-14-15-3-2-4-16(11-15)17-5-6-18-12-19-7-8-21-9-10-22(19)20(18)13-17/h2-6,11-13,21H,7-10,14H2,1H3. The highest BCUT2D eigenvalue weighted by Gasteiger charge is 2.12. The highest BCUT2D eigenvalue weighted by atomic mass is 16.5. The molecule has 0 bridgehead atoms. The first-order valence-corrected chi connectivity index (χ1v) is 8.26. The Morgan fingerprint density at radius 1 is 1.04 bits per heavy atom. The molecule has 3 nitrogen and oxygen atoms in total. The van der Waals surface area contributed by atoms with Gasteiger partial charge in [0, 0.05) is 44.4 Å². The number of aromatic nitrogens is 1. The fourth-order valence-corrected chi connectivity index (χ4v) is 3.50. The average Bonchev–Trinajstić information content (AvgIpc) is 2.76. The molecule has 0 unspecified atom stereocenters. The highest BCUT2D eigenvalue weighted by molar-refractivity contribution is 5.86. The van der Waals surface area contributed by atoms with Gasteiger partial charge in [0.25, 0.3) is 0 Å². The molecule has 0 spiro atoms. The maximum atomic E-state index is 5.25. The summed E-state index contributed by atoms with van der Waals surface area (Å²) >= 11 is 0. The Bertz CT molecular complexity index is 835. The predicted octanol–water partition coefficient (Wildman–Crippen LogP) is 3.60. The quantitative estimate of drug-likeness (QED) is 0.800. The van der Waals surface area contributed by atoms with Gasteiger partial charge in [0.05, 0.1) is 6.61 Å². The zero-order chi connectivity index (χ0) is 15.6. The summed E-state index contributed by atoms with van der Waals surface area (Å²) in [5.41, 5.74) is 6.52. The van der Waals surface area contributed by atoms with Crippen molar-refractivity contribution in [3.8, 4) is 11.1 Å². The van der Waals surface area contributed by atoms with Crippen LogP contribution >= 0.6 is 0 Å². The number of fused-ring (bicyclic) bond motifs is 3. The lowest BCUT2D eigenvalue weighted by molar-refractivity contribution is 0.185. The Morgan fingerprint density at radius 2 is 1.96 bits per heavy atom. The molecular weight excluding hydrogens is 284 g/mol. The number of hydrogen-bond donors (Lipinski definition) is 1. The van der Waals surface area contributed by atoms with Crippen LogP contribution in [0.1, 0.15) is 11.3 Å². The van der Waals surface area contributed by atoms with E-state index >= 15 is 0 Å². The molecule has 0 atom stereocenters. The van der Waals surface area contributed by atoms with Crippen LogP contribution in [0, 0.1) is 0 Å². The van der Waals surface area contributed by atoms with Gasteiger partial charge in [0.15, 0.2) is 0 Å². The van der Waals surface area contributed by atoms with Crippen LogP contribution < -0.4 is 5.32 Å². The van der Waals surface area contributed by atoms with Crippen LogP contribution in [-0.4, -0.2) is 24.8 Å². The summed E-state index contributed by atoms with van der Waals surface area (Å²) in [6, 6.07) is 17.8. The number of benzene rings is 2. The van der Waals surface area contributed by atoms with Gasteiger partial charge in [-0.2, -0.15) is 0 Å². The monoisotopic (exact) mass is 306 g/mol. The van der Waals surface area contributed by atoms with Crippen molar-refractivity contribution in [1.29, 1.82) is 0 Å². The molecule has 1 N–H and O–H groups in total. The molecule has 0 saturated heterocycles. The van der Waals surface area contributed by atoms with Crippen molar-refractivity contribution in [3.63, 3.8) is 0 Å². The van der Waals surface area contributed by atoms with Crippen molar-refractivity contribution < 1.29 is 4.74 Å². The third kappa shape index (κ3) is 2.78. The highest BCUT2D eigenvalue weighted by Crippen LogP contribution is 2.28. The second kappa shape index (κ2) is 6.19. The van der Waals surface area contributed by atoms with Crippen LogP contribution in [0.5, 0.6) is 0 Å². The molecule has 2 heterocycles. The number of ether oxygens (including phenoxy) is 1. The van der Waals surface area contributed by atoms with E-state index in [2.05, 4.69) is 58.4 Å². The van der Waals surface area contributed by atoms with E-state index in [1.165, 1.54) is 33.3 Å². The zero-order valence-electron chi connectivity index (χ0n) is 13.5. The first kappa shape index (κ1) is 14.5. The van der Waals surface area contributed by atoms with Crippen LogP contribution in [0.25, 0.3) is 22.0 Å². The van der Waals surface area contributed by atoms with E-state index in [1.54, 1.807) is 7.11 Å². The summed E-state index contributed by atoms with van der Waals surface area (Å²) in [6.07, 6.45) is 1.10. The van der Waals surface area contributed by atoms with Gasteiger partial charge in [-0.1, -0.05) is 30.3 Å². The lowest BCUT2D eigenvalue weighted by Crippen LogP contribution is -2.17. The van der Waals surface area contributed by atoms with Crippen LogP contribution in [0.3, 0.4) is 0 Å². The molecule has 3 heteroatoms. The number of hydrogen-bond acceptors (Lipinski definition) is 2. The first-order valence-electron chi connectivity index (χ1n) is 8.26. The fourth-order valence-electron chi connectivity index (χ4n) is 3.50. The molecule has 0 radical (unpaired) electrons. The Hall–Kier alpha value is -2.10. The van der Waals surface area contributed by atoms with Gasteiger partial charge in [-0.15, -0.1) is 0 Å². The summed E-state index contributed by atoms with van der Waals surface area (Å²) in [5, 5.41) is 4.82. The Balaban J connectivity index is 1.79. The van der Waals surface area contributed by atoms with E-state index in [9.17, 15) is 0 Å². The Labute approximate surface area is 136 Å². The predicted molar refractivity (Wildman–Crippen MR) is 94.7 cm³/mol. The molecule has 118 valence electrons. The first-order chi connectivity index (χ1) is 11.3. The molecule has 2 aromatic carbocycles. The number of rotatable bonds is 3. The summed E-state index contributed by atoms with van der Waals surface area (Å²) < 4.78 is 7.72. The van der Waals surface area contributed by atoms with Gasteiger partial charge in [0.1, 0.15) is 0 Å². The second-order valence-electron chi connectivity index (χ2n) is 6.19. The van der Waals surface area contributed by atoms with Crippen molar-refractivity contribution >= 4 is 10.9 Å². The summed E-state index contributed by atoms with van der Waals surface area (Å²) in [6.45, 7) is 3.82. The molecule has 0 amide bonds. The summed E-state index contributed by atoms with van der Waals surface area (Å²) in [5.74, 6) is 0. The van der Waals surface area contributed by atoms with Gasteiger partial charge in [-0.25, -0.2) is 0 Å². The molecule has 0 fully saturated rings. The van der Waals surface area contributed by atoms with Crippen molar-refractivity contribution in [2.24, 2.45) is 0 Å². The molecule has 1 aromatic heterocycles. The lowest BCUT2D eigenvalue weighted by Gasteiger charge is -2.09. The molecule has 4 rings (SSSR count). The Kier molecular flexibility index (Phi) is 3.90. The van der Waals surface area contributed by atoms with E-state index in [4.69, 9.17) is 4.74 Å². The summed E-state index contributed by atoms with van der Waals surface area (Å²) in [4.78, 5) is 0. The number of methoxy groups -OCH3 is 1. The molecule has 3 aromatic rings. The molecule has 0 saturated carbocycles. The van der Waals surface area contributed by atoms with Crippen LogP contribution in [0.15, 0.2) is 48.5 Å². The van der Waals surface area contributed by atoms with E-state index in [0.717, 1.165) is 26.1 Å². The van der Waals surface area contributed by atoms with E-state index in [-0.39, 0.29) is 0 Å². The van der Waals surface area contributed by atoms with Crippen LogP contribution in [0.4, 0.5) is 0 Å². The van der Waals surface area contributed by atoms with Crippen molar-refractivity contribution in [2.75, 3.05) is 20.2 Å². The topological polar surface area (TPSA) is 26.2 Å². The zero-order valence-corrected chi connectivity index (χ0v) is 13.5. The second-order valence-corrected chi connectivity index (χ2v) is 6.19. The summed E-state index contributed by atoms with van der Waals surface area (Å²) in [7, 11) is 1.74. The minimum absolute atomic E-state index is 0.655. The smallest absolute Gasteiger partial charge is 0.0713 e. The third-order valence-corrected chi connectivity index (χ3v) is 4.63. The van der Waals surface area contributed by atoms with Crippen LogP contribution in [-0.2, 0) is 24.3 Å². The minimum Gasteiger partial charge on any atom is -0.380 e. The fraction of sp³-hybridized carbons (Fsp3) is 0.300. The van der Waals surface area contributed by atoms with Crippen molar-refractivity contribution in [1.82, 2.24) is 9.88 Å². The minimum atomic E-state index is 0.655. The van der Waals surface area contributed by atoms with Crippen molar-refractivity contribution in [3.05, 3.63) is 59.8 Å². The molecule has 1 aliphatic rings. The normalized spacial score (nSPS) is 14.7. The maximum Gasteiger partial charge on any atom is 0.0713 e. The molecule has 23 heavy (non-hydrogen) atoms. The van der Waals surface area contributed by atoms with E-state index < -0.39 is 0 Å². The van der Waals surface area contributed by atoms with Gasteiger partial charge < -0.3 is 14.6 Å². The average molecular weight is 306 g/mol. The largest absolute Gasteiger partial charge is 0.380 e. The molecule has 0 aliphatic carbocycles. The van der Waals surface area contributed by atoms with Gasteiger partial charge in [-0.05, 0) is 40.3 Å². The molecule has 1 aliphatic heterocycles. The van der Waals surface area contributed by atoms with Gasteiger partial charge >= 0.3 is 0 Å². The van der Waals surface area contributed by atoms with Crippen LogP contribution in [0.2, 0.25) is 0 Å². The van der Waals surface area contributed by atoms with E-state index in [0.29, 0.717) is 6.61 Å². The number of nitrogens with one attached hydrogen (secondary N) is 1. The van der Waals surface area contributed by atoms with Gasteiger partial charge in [-0.3, -0.25) is 0 Å². The van der Waals surface area contributed by atoms with Crippen molar-refractivity contribution in [2.45, 2.75) is 19.6 Å². The van der Waals surface area contributed by atoms with Gasteiger partial charge in [0.2, 0.25) is 0 Å². The maximum absolute atomic E-state index is 5.25. The Morgan fingerprint density at radius 3 is 2.87 bits per heavy atom. The lowest BCUT2D eigenvalue weighted by atomic mass is 10.0. The molecular formula is C20H22N2O. The third-order valence-electron chi connectivity index (χ3n) is 4.63. The SMILES string of the molecule is COCc1cccc(-c2ccc3cc4n(c3c2)CCNCC4)c1.